The van der Waals surface area contributed by atoms with E-state index in [0.29, 0.717) is 41.4 Å². The maximum absolute atomic E-state index is 13.6. The molecule has 2 amide bonds. The first kappa shape index (κ1) is 29.6. The Balaban J connectivity index is 1.10. The molecule has 3 aliphatic heterocycles. The summed E-state index contributed by atoms with van der Waals surface area (Å²) in [4.78, 5) is 42.6. The van der Waals surface area contributed by atoms with Crippen LogP contribution in [0.5, 0.6) is 5.75 Å². The van der Waals surface area contributed by atoms with Crippen molar-refractivity contribution in [1.82, 2.24) is 19.7 Å². The number of piperidine rings is 1. The average molecular weight is 610 g/mol. The highest BCUT2D eigenvalue weighted by Gasteiger charge is 2.38. The number of nitrogens with one attached hydrogen (secondary N) is 1. The predicted molar refractivity (Wildman–Crippen MR) is 177 cm³/mol. The van der Waals surface area contributed by atoms with Gasteiger partial charge in [0.05, 0.1) is 41.1 Å². The summed E-state index contributed by atoms with van der Waals surface area (Å²) in [5.74, 6) is 1.26. The molecule has 1 aromatic heterocycles. The molecule has 4 aliphatic rings. The zero-order valence-electron chi connectivity index (χ0n) is 26.5. The summed E-state index contributed by atoms with van der Waals surface area (Å²) in [6, 6.07) is 16.4. The Morgan fingerprint density at radius 2 is 1.64 bits per heavy atom. The number of ether oxygens (including phenoxy) is 1. The number of likely N-dealkylation sites (tertiary alicyclic amines) is 1. The van der Waals surface area contributed by atoms with Crippen LogP contribution in [0, 0.1) is 0 Å². The summed E-state index contributed by atoms with van der Waals surface area (Å²) >= 11 is 0. The zero-order chi connectivity index (χ0) is 31.1. The van der Waals surface area contributed by atoms with Gasteiger partial charge in [0.15, 0.2) is 0 Å². The standard InChI is InChI=1S/C35H43N7O3/c1-4-45-32-21-24(34(43)41-19-17-40(18-20-41)25-13-15-38(2)16-14-25)9-12-28(32)37-33-22-30-31(23-36-33)39(3)35(44)27-7-5-6-8-29(27)42(30)26-10-11-26/h5-9,12,21-23,25-26H,4,10-11,13-20H2,1-3H3,(H,36,37). The summed E-state index contributed by atoms with van der Waals surface area (Å²) in [6.07, 6.45) is 6.33. The molecule has 1 aliphatic carbocycles. The van der Waals surface area contributed by atoms with Crippen molar-refractivity contribution in [3.8, 4) is 5.75 Å². The molecule has 1 saturated carbocycles. The summed E-state index contributed by atoms with van der Waals surface area (Å²) in [5, 5.41) is 3.45. The monoisotopic (exact) mass is 609 g/mol. The van der Waals surface area contributed by atoms with Gasteiger partial charge in [0.2, 0.25) is 0 Å². The number of anilines is 5. The fourth-order valence-corrected chi connectivity index (χ4v) is 6.97. The second-order valence-electron chi connectivity index (χ2n) is 12.7. The normalized spacial score (nSPS) is 19.6. The van der Waals surface area contributed by atoms with Gasteiger partial charge in [0, 0.05) is 56.9 Å². The molecule has 0 spiro atoms. The van der Waals surface area contributed by atoms with E-state index in [1.165, 1.54) is 12.8 Å². The van der Waals surface area contributed by atoms with Gasteiger partial charge in [0.1, 0.15) is 11.6 Å². The Hall–Kier alpha value is -4.15. The van der Waals surface area contributed by atoms with E-state index in [1.807, 2.05) is 60.4 Å². The molecule has 2 aromatic carbocycles. The van der Waals surface area contributed by atoms with E-state index in [1.54, 1.807) is 18.1 Å². The Labute approximate surface area is 265 Å². The van der Waals surface area contributed by atoms with Gasteiger partial charge in [-0.1, -0.05) is 12.1 Å². The minimum atomic E-state index is -0.0420. The minimum absolute atomic E-state index is 0.0418. The number of nitrogens with zero attached hydrogens (tertiary/aromatic N) is 6. The lowest BCUT2D eigenvalue weighted by Gasteiger charge is -2.42. The molecule has 7 rings (SSSR count). The van der Waals surface area contributed by atoms with Crippen LogP contribution < -0.4 is 19.9 Å². The fraction of sp³-hybridized carbons (Fsp3) is 0.457. The topological polar surface area (TPSA) is 84.5 Å². The van der Waals surface area contributed by atoms with Crippen LogP contribution in [0.15, 0.2) is 54.7 Å². The molecule has 0 radical (unpaired) electrons. The molecule has 10 heteroatoms. The lowest BCUT2D eigenvalue weighted by atomic mass is 10.0. The number of pyridine rings is 1. The van der Waals surface area contributed by atoms with Gasteiger partial charge in [-0.3, -0.25) is 14.5 Å². The van der Waals surface area contributed by atoms with Gasteiger partial charge in [-0.15, -0.1) is 0 Å². The average Bonchev–Trinajstić information content (AvgIpc) is 3.91. The molecule has 3 fully saturated rings. The summed E-state index contributed by atoms with van der Waals surface area (Å²) < 4.78 is 6.04. The van der Waals surface area contributed by atoms with Crippen molar-refractivity contribution in [3.63, 3.8) is 0 Å². The maximum atomic E-state index is 13.6. The second kappa shape index (κ2) is 12.3. The SMILES string of the molecule is CCOc1cc(C(=O)N2CCN(C3CCN(C)CC3)CC2)ccc1Nc1cc2c(cn1)N(C)C(=O)c1ccccc1N2C1CC1. The van der Waals surface area contributed by atoms with E-state index in [4.69, 9.17) is 9.72 Å². The molecule has 0 atom stereocenters. The number of carbonyl (C=O) groups is 2. The van der Waals surface area contributed by atoms with Crippen molar-refractivity contribution < 1.29 is 14.3 Å². The number of rotatable bonds is 7. The van der Waals surface area contributed by atoms with Crippen molar-refractivity contribution in [2.45, 2.75) is 44.7 Å². The largest absolute Gasteiger partial charge is 0.492 e. The number of amides is 2. The number of aromatic nitrogens is 1. The molecule has 0 bridgehead atoms. The highest BCUT2D eigenvalue weighted by molar-refractivity contribution is 6.13. The molecule has 0 unspecified atom stereocenters. The molecule has 2 saturated heterocycles. The molecular weight excluding hydrogens is 566 g/mol. The van der Waals surface area contributed by atoms with E-state index in [-0.39, 0.29) is 11.8 Å². The summed E-state index contributed by atoms with van der Waals surface area (Å²) in [5.41, 5.74) is 4.71. The van der Waals surface area contributed by atoms with E-state index >= 15 is 0 Å². The highest BCUT2D eigenvalue weighted by Crippen LogP contribution is 2.47. The maximum Gasteiger partial charge on any atom is 0.260 e. The van der Waals surface area contributed by atoms with Crippen LogP contribution in [0.25, 0.3) is 0 Å². The lowest BCUT2D eigenvalue weighted by molar-refractivity contribution is 0.0475. The van der Waals surface area contributed by atoms with Crippen LogP contribution >= 0.6 is 0 Å². The van der Waals surface area contributed by atoms with Gasteiger partial charge in [-0.05, 0) is 83.1 Å². The number of hydrogen-bond acceptors (Lipinski definition) is 8. The van der Waals surface area contributed by atoms with Gasteiger partial charge >= 0.3 is 0 Å². The second-order valence-corrected chi connectivity index (χ2v) is 12.7. The van der Waals surface area contributed by atoms with Crippen LogP contribution in [0.2, 0.25) is 0 Å². The third-order valence-corrected chi connectivity index (χ3v) is 9.69. The van der Waals surface area contributed by atoms with Crippen LogP contribution in [0.3, 0.4) is 0 Å². The summed E-state index contributed by atoms with van der Waals surface area (Å²) in [7, 11) is 4.00. The van der Waals surface area contributed by atoms with Crippen LogP contribution in [0.4, 0.5) is 28.6 Å². The van der Waals surface area contributed by atoms with Gasteiger partial charge in [-0.25, -0.2) is 4.98 Å². The molecule has 1 N–H and O–H groups in total. The number of para-hydroxylation sites is 1. The van der Waals surface area contributed by atoms with Crippen molar-refractivity contribution in [2.24, 2.45) is 0 Å². The molecule has 45 heavy (non-hydrogen) atoms. The highest BCUT2D eigenvalue weighted by atomic mass is 16.5. The minimum Gasteiger partial charge on any atom is -0.492 e. The first-order chi connectivity index (χ1) is 21.9. The quantitative estimate of drug-likeness (QED) is 0.402. The van der Waals surface area contributed by atoms with Gasteiger partial charge in [-0.2, -0.15) is 0 Å². The van der Waals surface area contributed by atoms with Crippen molar-refractivity contribution in [1.29, 1.82) is 0 Å². The Kier molecular flexibility index (Phi) is 8.10. The Morgan fingerprint density at radius 1 is 0.889 bits per heavy atom. The van der Waals surface area contributed by atoms with E-state index in [0.717, 1.165) is 74.9 Å². The van der Waals surface area contributed by atoms with Crippen molar-refractivity contribution in [3.05, 3.63) is 65.9 Å². The molecule has 3 aromatic rings. The van der Waals surface area contributed by atoms with Crippen molar-refractivity contribution >= 4 is 40.4 Å². The predicted octanol–water partition coefficient (Wildman–Crippen LogP) is 4.97. The number of hydrogen-bond donors (Lipinski definition) is 1. The number of fused-ring (bicyclic) bond motifs is 2. The first-order valence-electron chi connectivity index (χ1n) is 16.3. The number of piperazine rings is 1. The third-order valence-electron chi connectivity index (χ3n) is 9.69. The molecule has 236 valence electrons. The zero-order valence-corrected chi connectivity index (χ0v) is 26.5. The molecule has 4 heterocycles. The van der Waals surface area contributed by atoms with Crippen molar-refractivity contribution in [2.75, 3.05) is 75.1 Å². The van der Waals surface area contributed by atoms with Crippen LogP contribution in [-0.4, -0.2) is 104 Å². The Morgan fingerprint density at radius 3 is 2.38 bits per heavy atom. The summed E-state index contributed by atoms with van der Waals surface area (Å²) in [6.45, 7) is 8.04. The smallest absolute Gasteiger partial charge is 0.260 e. The number of carbonyl (C=O) groups excluding carboxylic acids is 2. The lowest BCUT2D eigenvalue weighted by Crippen LogP contribution is -2.54. The van der Waals surface area contributed by atoms with E-state index in [9.17, 15) is 9.59 Å². The molecular formula is C35H43N7O3. The first-order valence-corrected chi connectivity index (χ1v) is 16.3. The van der Waals surface area contributed by atoms with Crippen LogP contribution in [0.1, 0.15) is 53.3 Å². The van der Waals surface area contributed by atoms with Gasteiger partial charge in [0.25, 0.3) is 11.8 Å². The van der Waals surface area contributed by atoms with Gasteiger partial charge < -0.3 is 29.7 Å². The van der Waals surface area contributed by atoms with E-state index in [2.05, 4.69) is 27.1 Å². The third kappa shape index (κ3) is 5.84. The fourth-order valence-electron chi connectivity index (χ4n) is 6.97. The van der Waals surface area contributed by atoms with E-state index < -0.39 is 0 Å². The Bertz CT molecular complexity index is 1580. The van der Waals surface area contributed by atoms with Crippen LogP contribution in [-0.2, 0) is 0 Å². The molecule has 10 nitrogen and oxygen atoms in total. The number of benzene rings is 2.